The molecule has 7 nitrogen and oxygen atoms in total. The van der Waals surface area contributed by atoms with E-state index < -0.39 is 10.0 Å². The predicted molar refractivity (Wildman–Crippen MR) is 108 cm³/mol. The fraction of sp³-hybridized carbons (Fsp3) is 0.200. The summed E-state index contributed by atoms with van der Waals surface area (Å²) in [6.07, 6.45) is 0. The molecule has 8 heteroatoms. The van der Waals surface area contributed by atoms with E-state index in [0.29, 0.717) is 28.1 Å². The topological polar surface area (TPSA) is 101 Å². The zero-order valence-corrected chi connectivity index (χ0v) is 16.8. The Balaban J connectivity index is 2.07. The fourth-order valence-electron chi connectivity index (χ4n) is 2.89. The number of aromatic nitrogens is 1. The lowest BCUT2D eigenvalue weighted by Gasteiger charge is -2.13. The Labute approximate surface area is 163 Å². The molecule has 28 heavy (non-hydrogen) atoms. The molecule has 0 aliphatic rings. The smallest absolute Gasteiger partial charge is 0.262 e. The van der Waals surface area contributed by atoms with Crippen LogP contribution in [0.4, 0.5) is 11.6 Å². The number of benzene rings is 2. The molecular weight excluding hydrogens is 378 g/mol. The summed E-state index contributed by atoms with van der Waals surface area (Å²) >= 11 is 0. The first-order chi connectivity index (χ1) is 13.2. The van der Waals surface area contributed by atoms with Crippen molar-refractivity contribution in [2.24, 2.45) is 0 Å². The van der Waals surface area contributed by atoms with Crippen molar-refractivity contribution in [3.63, 3.8) is 0 Å². The van der Waals surface area contributed by atoms with Crippen LogP contribution < -0.4 is 10.0 Å². The van der Waals surface area contributed by atoms with E-state index in [1.165, 1.54) is 6.92 Å². The minimum Gasteiger partial charge on any atom is -0.337 e. The van der Waals surface area contributed by atoms with Gasteiger partial charge in [0.15, 0.2) is 0 Å². The molecule has 0 radical (unpaired) electrons. The molecule has 0 fully saturated rings. The van der Waals surface area contributed by atoms with E-state index in [9.17, 15) is 13.2 Å². The predicted octanol–water partition coefficient (Wildman–Crippen LogP) is 4.03. The molecule has 0 spiro atoms. The van der Waals surface area contributed by atoms with Crippen molar-refractivity contribution < 1.29 is 17.7 Å². The van der Waals surface area contributed by atoms with Crippen molar-refractivity contribution >= 4 is 27.5 Å². The number of rotatable bonds is 5. The van der Waals surface area contributed by atoms with Crippen LogP contribution in [0.1, 0.15) is 23.7 Å². The Bertz CT molecular complexity index is 1150. The molecule has 1 amide bonds. The van der Waals surface area contributed by atoms with Gasteiger partial charge in [-0.3, -0.25) is 14.8 Å². The zero-order valence-electron chi connectivity index (χ0n) is 16.0. The lowest BCUT2D eigenvalue weighted by molar-refractivity contribution is -0.114. The normalized spacial score (nSPS) is 11.3. The van der Waals surface area contributed by atoms with Crippen molar-refractivity contribution in [2.75, 3.05) is 10.0 Å². The number of amides is 1. The van der Waals surface area contributed by atoms with Crippen LogP contribution in [0.3, 0.4) is 0 Å². The van der Waals surface area contributed by atoms with Crippen LogP contribution in [0.5, 0.6) is 0 Å². The van der Waals surface area contributed by atoms with E-state index in [-0.39, 0.29) is 16.7 Å². The lowest BCUT2D eigenvalue weighted by atomic mass is 10.0. The van der Waals surface area contributed by atoms with Gasteiger partial charge in [-0.1, -0.05) is 35.5 Å². The van der Waals surface area contributed by atoms with Crippen LogP contribution in [0.2, 0.25) is 0 Å². The lowest BCUT2D eigenvalue weighted by Crippen LogP contribution is -2.15. The van der Waals surface area contributed by atoms with Crippen LogP contribution in [0, 0.1) is 20.8 Å². The van der Waals surface area contributed by atoms with Gasteiger partial charge in [0, 0.05) is 6.92 Å². The Morgan fingerprint density at radius 2 is 1.75 bits per heavy atom. The highest BCUT2D eigenvalue weighted by Crippen LogP contribution is 2.34. The number of carbonyl (C=O) groups excluding carboxylic acids is 1. The average Bonchev–Trinajstić information content (AvgIpc) is 2.97. The molecule has 0 unspecified atom stereocenters. The molecular formula is C20H21N3O4S. The Morgan fingerprint density at radius 1 is 1.04 bits per heavy atom. The molecule has 2 N–H and O–H groups in total. The molecule has 0 aliphatic carbocycles. The second-order valence-electron chi connectivity index (χ2n) is 6.55. The third-order valence-electron chi connectivity index (χ3n) is 4.31. The number of para-hydroxylation sites is 1. The summed E-state index contributed by atoms with van der Waals surface area (Å²) in [7, 11) is -3.82. The molecule has 0 aliphatic heterocycles. The van der Waals surface area contributed by atoms with E-state index >= 15 is 0 Å². The Morgan fingerprint density at radius 3 is 2.43 bits per heavy atom. The third kappa shape index (κ3) is 3.91. The van der Waals surface area contributed by atoms with Gasteiger partial charge in [-0.25, -0.2) is 8.42 Å². The van der Waals surface area contributed by atoms with Gasteiger partial charge in [-0.15, -0.1) is 0 Å². The third-order valence-corrected chi connectivity index (χ3v) is 5.82. The van der Waals surface area contributed by atoms with Gasteiger partial charge in [0.25, 0.3) is 10.0 Å². The Kier molecular flexibility index (Phi) is 5.24. The molecule has 0 atom stereocenters. The summed E-state index contributed by atoms with van der Waals surface area (Å²) in [5.41, 5.74) is 3.61. The van der Waals surface area contributed by atoms with Crippen molar-refractivity contribution in [1.82, 2.24) is 5.16 Å². The minimum atomic E-state index is -3.82. The average molecular weight is 399 g/mol. The van der Waals surface area contributed by atoms with Crippen LogP contribution in [0.25, 0.3) is 11.1 Å². The van der Waals surface area contributed by atoms with Gasteiger partial charge < -0.3 is 4.52 Å². The zero-order chi connectivity index (χ0) is 20.5. The number of carbonyl (C=O) groups is 1. The standard InChI is InChI=1S/C20H21N3O4S/c1-12-7-5-6-8-17(12)23-28(25,26)18-11-16(10-9-13(18)2)19-14(3)22-27-20(19)21-15(4)24/h5-11,23H,1-4H3,(H,21,24). The summed E-state index contributed by atoms with van der Waals surface area (Å²) in [4.78, 5) is 11.6. The second kappa shape index (κ2) is 7.47. The van der Waals surface area contributed by atoms with Crippen LogP contribution >= 0.6 is 0 Å². The number of hydrogen-bond donors (Lipinski definition) is 2. The van der Waals surface area contributed by atoms with E-state index in [1.807, 2.05) is 19.1 Å². The monoisotopic (exact) mass is 399 g/mol. The summed E-state index contributed by atoms with van der Waals surface area (Å²) in [5, 5.41) is 6.46. The van der Waals surface area contributed by atoms with Crippen LogP contribution in [-0.2, 0) is 14.8 Å². The summed E-state index contributed by atoms with van der Waals surface area (Å²) in [6.45, 7) is 6.65. The number of aryl methyl sites for hydroxylation is 3. The summed E-state index contributed by atoms with van der Waals surface area (Å²) in [5.74, 6) is -0.123. The number of hydrogen-bond acceptors (Lipinski definition) is 5. The van der Waals surface area contributed by atoms with E-state index in [1.54, 1.807) is 44.2 Å². The van der Waals surface area contributed by atoms with Crippen molar-refractivity contribution in [2.45, 2.75) is 32.6 Å². The molecule has 2 aromatic carbocycles. The number of anilines is 2. The maximum Gasteiger partial charge on any atom is 0.262 e. The van der Waals surface area contributed by atoms with Crippen LogP contribution in [0.15, 0.2) is 51.9 Å². The molecule has 0 saturated carbocycles. The van der Waals surface area contributed by atoms with Gasteiger partial charge in [0.2, 0.25) is 11.8 Å². The quantitative estimate of drug-likeness (QED) is 0.675. The molecule has 1 aromatic heterocycles. The van der Waals surface area contributed by atoms with Crippen LogP contribution in [-0.4, -0.2) is 19.5 Å². The van der Waals surface area contributed by atoms with Crippen molar-refractivity contribution in [3.8, 4) is 11.1 Å². The number of nitrogens with one attached hydrogen (secondary N) is 2. The maximum atomic E-state index is 13.0. The highest BCUT2D eigenvalue weighted by molar-refractivity contribution is 7.92. The largest absolute Gasteiger partial charge is 0.337 e. The van der Waals surface area contributed by atoms with E-state index in [2.05, 4.69) is 15.2 Å². The van der Waals surface area contributed by atoms with Gasteiger partial charge in [-0.2, -0.15) is 0 Å². The molecule has 146 valence electrons. The first kappa shape index (κ1) is 19.6. The van der Waals surface area contributed by atoms with Gasteiger partial charge in [0.1, 0.15) is 0 Å². The first-order valence-corrected chi connectivity index (χ1v) is 10.1. The van der Waals surface area contributed by atoms with Gasteiger partial charge >= 0.3 is 0 Å². The summed E-state index contributed by atoms with van der Waals surface area (Å²) < 4.78 is 33.9. The molecule has 0 saturated heterocycles. The Hall–Kier alpha value is -3.13. The molecule has 3 aromatic rings. The molecule has 3 rings (SSSR count). The SMILES string of the molecule is CC(=O)Nc1onc(C)c1-c1ccc(C)c(S(=O)(=O)Nc2ccccc2C)c1. The molecule has 0 bridgehead atoms. The molecule has 1 heterocycles. The number of sulfonamides is 1. The van der Waals surface area contributed by atoms with E-state index in [4.69, 9.17) is 4.52 Å². The minimum absolute atomic E-state index is 0.141. The number of nitrogens with zero attached hydrogens (tertiary/aromatic N) is 1. The van der Waals surface area contributed by atoms with Crippen molar-refractivity contribution in [3.05, 3.63) is 59.3 Å². The maximum absolute atomic E-state index is 13.0. The highest BCUT2D eigenvalue weighted by atomic mass is 32.2. The fourth-order valence-corrected chi connectivity index (χ4v) is 4.29. The van der Waals surface area contributed by atoms with Gasteiger partial charge in [0.05, 0.1) is 21.8 Å². The highest BCUT2D eigenvalue weighted by Gasteiger charge is 2.22. The second-order valence-corrected chi connectivity index (χ2v) is 8.20. The summed E-state index contributed by atoms with van der Waals surface area (Å²) in [6, 6.07) is 12.2. The van der Waals surface area contributed by atoms with Crippen molar-refractivity contribution in [1.29, 1.82) is 0 Å². The first-order valence-electron chi connectivity index (χ1n) is 8.62. The van der Waals surface area contributed by atoms with Gasteiger partial charge in [-0.05, 0) is 49.6 Å². The van der Waals surface area contributed by atoms with E-state index in [0.717, 1.165) is 5.56 Å².